The summed E-state index contributed by atoms with van der Waals surface area (Å²) in [6.45, 7) is -2.73. The molecule has 2 heterocycles. The maximum atomic E-state index is 10.1. The molecule has 0 amide bonds. The van der Waals surface area contributed by atoms with Crippen LogP contribution in [0.4, 0.5) is 0 Å². The lowest BCUT2D eigenvalue weighted by atomic mass is 9.92. The number of aliphatic hydroxyl groups excluding tert-OH is 8. The maximum absolute atomic E-state index is 10.1. The third kappa shape index (κ3) is 3.14. The molecular weight excluding hydrogens is 346 g/mol. The van der Waals surface area contributed by atoms with Crippen molar-refractivity contribution in [1.29, 1.82) is 5.26 Å². The molecule has 12 heteroatoms. The van der Waals surface area contributed by atoms with E-state index in [4.69, 9.17) is 19.3 Å². The van der Waals surface area contributed by atoms with Crippen molar-refractivity contribution in [3.63, 3.8) is 0 Å². The van der Waals surface area contributed by atoms with Crippen LogP contribution in [0, 0.1) is 11.3 Å². The van der Waals surface area contributed by atoms with Gasteiger partial charge in [0.25, 0.3) is 5.79 Å². The van der Waals surface area contributed by atoms with Gasteiger partial charge in [0.2, 0.25) is 5.79 Å². The first-order valence-corrected chi connectivity index (χ1v) is 7.42. The van der Waals surface area contributed by atoms with Crippen LogP contribution in [0.1, 0.15) is 0 Å². The van der Waals surface area contributed by atoms with Crippen molar-refractivity contribution < 1.29 is 55.1 Å². The fraction of sp³-hybridized carbons (Fsp3) is 0.923. The van der Waals surface area contributed by atoms with Gasteiger partial charge >= 0.3 is 0 Å². The molecule has 12 nitrogen and oxygen atoms in total. The molecule has 2 fully saturated rings. The number of nitrogens with zero attached hydrogens (tertiary/aromatic N) is 1. The van der Waals surface area contributed by atoms with E-state index in [9.17, 15) is 41.0 Å². The van der Waals surface area contributed by atoms with Gasteiger partial charge in [-0.3, -0.25) is 4.74 Å². The first-order chi connectivity index (χ1) is 11.7. The molecule has 144 valence electrons. The fourth-order valence-corrected chi connectivity index (χ4v) is 2.85. The first kappa shape index (κ1) is 20.4. The van der Waals surface area contributed by atoms with Crippen LogP contribution in [0.25, 0.3) is 0 Å². The molecule has 0 aromatic heterocycles. The second kappa shape index (κ2) is 7.35. The summed E-state index contributed by atoms with van der Waals surface area (Å²) >= 11 is 0. The molecule has 0 bridgehead atoms. The van der Waals surface area contributed by atoms with Crippen LogP contribution >= 0.6 is 0 Å². The van der Waals surface area contributed by atoms with Crippen LogP contribution < -0.4 is 0 Å². The number of hydrogen-bond donors (Lipinski definition) is 8. The molecule has 2 saturated heterocycles. The Hall–Kier alpha value is -0.950. The van der Waals surface area contributed by atoms with E-state index >= 15 is 0 Å². The summed E-state index contributed by atoms with van der Waals surface area (Å²) in [5.41, 5.74) is 0. The Balaban J connectivity index is 2.38. The number of aliphatic hydroxyl groups is 8. The zero-order valence-electron chi connectivity index (χ0n) is 12.9. The Labute approximate surface area is 141 Å². The summed E-state index contributed by atoms with van der Waals surface area (Å²) in [5.74, 6) is -5.24. The minimum Gasteiger partial charge on any atom is -0.394 e. The Bertz CT molecular complexity index is 513. The minimum absolute atomic E-state index is 0.757. The van der Waals surface area contributed by atoms with E-state index in [0.717, 1.165) is 0 Å². The van der Waals surface area contributed by atoms with E-state index in [1.165, 1.54) is 6.07 Å². The third-order valence-corrected chi connectivity index (χ3v) is 4.34. The Morgan fingerprint density at radius 3 is 1.84 bits per heavy atom. The molecule has 8 N–H and O–H groups in total. The van der Waals surface area contributed by atoms with Crippen molar-refractivity contribution in [2.45, 2.75) is 54.3 Å². The van der Waals surface area contributed by atoms with Gasteiger partial charge in [0, 0.05) is 0 Å². The average molecular weight is 367 g/mol. The van der Waals surface area contributed by atoms with E-state index in [1.54, 1.807) is 0 Å². The molecule has 0 aliphatic carbocycles. The summed E-state index contributed by atoms with van der Waals surface area (Å²) in [5, 5.41) is 87.0. The fourth-order valence-electron chi connectivity index (χ4n) is 2.85. The molecule has 0 saturated carbocycles. The van der Waals surface area contributed by atoms with Crippen LogP contribution in [0.2, 0.25) is 0 Å². The highest BCUT2D eigenvalue weighted by atomic mass is 16.8. The summed E-state index contributed by atoms with van der Waals surface area (Å²) in [7, 11) is 0. The number of hydrogen-bond acceptors (Lipinski definition) is 12. The molecule has 0 aromatic carbocycles. The number of rotatable bonds is 5. The predicted octanol–water partition coefficient (Wildman–Crippen LogP) is -5.50. The van der Waals surface area contributed by atoms with Gasteiger partial charge in [0.15, 0.2) is 6.10 Å². The summed E-state index contributed by atoms with van der Waals surface area (Å²) in [6, 6.07) is 1.41. The number of ether oxygens (including phenoxy) is 3. The zero-order chi connectivity index (χ0) is 19.0. The summed E-state index contributed by atoms with van der Waals surface area (Å²) < 4.78 is 15.4. The summed E-state index contributed by atoms with van der Waals surface area (Å²) in [4.78, 5) is 0. The highest BCUT2D eigenvalue weighted by Gasteiger charge is 2.64. The summed E-state index contributed by atoms with van der Waals surface area (Å²) in [6.07, 6.45) is -12.5. The topological polar surface area (TPSA) is 213 Å². The largest absolute Gasteiger partial charge is 0.394 e. The van der Waals surface area contributed by atoms with Gasteiger partial charge in [-0.25, -0.2) is 0 Å². The molecular formula is C13H21NO11. The second-order valence-corrected chi connectivity index (χ2v) is 5.89. The van der Waals surface area contributed by atoms with Crippen LogP contribution in [-0.2, 0) is 14.2 Å². The lowest BCUT2D eigenvalue weighted by molar-refractivity contribution is -0.413. The smallest absolute Gasteiger partial charge is 0.291 e. The zero-order valence-corrected chi connectivity index (χ0v) is 12.9. The monoisotopic (exact) mass is 367 g/mol. The van der Waals surface area contributed by atoms with Gasteiger partial charge in [-0.15, -0.1) is 0 Å². The van der Waals surface area contributed by atoms with Crippen LogP contribution in [0.5, 0.6) is 0 Å². The van der Waals surface area contributed by atoms with Crippen LogP contribution in [0.3, 0.4) is 0 Å². The molecule has 2 rings (SSSR count). The van der Waals surface area contributed by atoms with Gasteiger partial charge in [0.1, 0.15) is 49.3 Å². The molecule has 2 aliphatic heterocycles. The molecule has 0 spiro atoms. The van der Waals surface area contributed by atoms with Crippen molar-refractivity contribution >= 4 is 0 Å². The highest BCUT2D eigenvalue weighted by molar-refractivity contribution is 5.11. The van der Waals surface area contributed by atoms with Crippen LogP contribution in [0.15, 0.2) is 0 Å². The minimum atomic E-state index is -2.76. The van der Waals surface area contributed by atoms with Gasteiger partial charge in [-0.1, -0.05) is 0 Å². The van der Waals surface area contributed by atoms with E-state index < -0.39 is 74.1 Å². The van der Waals surface area contributed by atoms with Crippen molar-refractivity contribution in [3.8, 4) is 6.07 Å². The lowest BCUT2D eigenvalue weighted by Crippen LogP contribution is -2.69. The van der Waals surface area contributed by atoms with Crippen LogP contribution in [-0.4, -0.2) is 115 Å². The highest BCUT2D eigenvalue weighted by Crippen LogP contribution is 2.40. The Morgan fingerprint density at radius 2 is 1.40 bits per heavy atom. The molecule has 0 aromatic rings. The molecule has 0 radical (unpaired) electrons. The lowest BCUT2D eigenvalue weighted by Gasteiger charge is -2.47. The van der Waals surface area contributed by atoms with Gasteiger partial charge < -0.3 is 50.3 Å². The van der Waals surface area contributed by atoms with E-state index in [2.05, 4.69) is 0 Å². The molecule has 1 unspecified atom stereocenters. The van der Waals surface area contributed by atoms with Gasteiger partial charge in [-0.05, 0) is 0 Å². The standard InChI is InChI=1S/C13H21NO11/c14-3-12(11(22)9(20)7(18)5(1-15)23-12)25-13(4-17)10(21)8(19)6(2-16)24-13/h5-11,15-22H,1-2,4H2/t5-,6-,7-,8-,9+,10+,11-,12+,13?/m1/s1. The average Bonchev–Trinajstić information content (AvgIpc) is 2.87. The van der Waals surface area contributed by atoms with Gasteiger partial charge in [0.05, 0.1) is 13.2 Å². The molecule has 25 heavy (non-hydrogen) atoms. The Morgan fingerprint density at radius 1 is 0.840 bits per heavy atom. The third-order valence-electron chi connectivity index (χ3n) is 4.34. The van der Waals surface area contributed by atoms with Crippen molar-refractivity contribution in [1.82, 2.24) is 0 Å². The normalized spacial score (nSPS) is 50.6. The van der Waals surface area contributed by atoms with Gasteiger partial charge in [-0.2, -0.15) is 5.26 Å². The quantitative estimate of drug-likeness (QED) is 0.228. The maximum Gasteiger partial charge on any atom is 0.291 e. The van der Waals surface area contributed by atoms with Crippen molar-refractivity contribution in [2.75, 3.05) is 19.8 Å². The van der Waals surface area contributed by atoms with Crippen molar-refractivity contribution in [3.05, 3.63) is 0 Å². The molecule has 9 atom stereocenters. The van der Waals surface area contributed by atoms with E-state index in [0.29, 0.717) is 0 Å². The van der Waals surface area contributed by atoms with E-state index in [-0.39, 0.29) is 0 Å². The van der Waals surface area contributed by atoms with Crippen molar-refractivity contribution in [2.24, 2.45) is 0 Å². The SMILES string of the molecule is N#C[C@@]1(OC2(CO)O[C@H](CO)[C@@H](O)[C@@H]2O)O[C@H](CO)[C@@H](O)[C@H](O)[C@H]1O. The Kier molecular flexibility index (Phi) is 5.99. The first-order valence-electron chi connectivity index (χ1n) is 7.42. The second-order valence-electron chi connectivity index (χ2n) is 5.89. The number of nitriles is 1. The predicted molar refractivity (Wildman–Crippen MR) is 73.2 cm³/mol. The molecule has 2 aliphatic rings. The van der Waals surface area contributed by atoms with E-state index in [1.807, 2.05) is 0 Å².